The second-order valence-electron chi connectivity index (χ2n) is 8.96. The number of allylic oxidation sites excluding steroid dienone is 3. The quantitative estimate of drug-likeness (QED) is 0.387. The van der Waals surface area contributed by atoms with E-state index in [0.29, 0.717) is 29.0 Å². The molecule has 35 heavy (non-hydrogen) atoms. The molecular formula is C29H26ClNO3S. The van der Waals surface area contributed by atoms with Crippen LogP contribution in [0.1, 0.15) is 47.6 Å². The molecule has 0 saturated heterocycles. The van der Waals surface area contributed by atoms with Crippen LogP contribution in [0.15, 0.2) is 94.7 Å². The molecule has 2 atom stereocenters. The SMILES string of the molecule is CC1=C(C(=O)OCCc2ccccc2)[C@H](c2ccc(Cl)cc2)C2=C(C[C@@H](c3cccs3)CC2=O)N1. The van der Waals surface area contributed by atoms with Crippen LogP contribution in [-0.2, 0) is 20.7 Å². The molecule has 1 aromatic heterocycles. The highest BCUT2D eigenvalue weighted by Crippen LogP contribution is 2.46. The van der Waals surface area contributed by atoms with Gasteiger partial charge in [-0.2, -0.15) is 0 Å². The fourth-order valence-corrected chi connectivity index (χ4v) is 5.96. The molecule has 5 rings (SSSR count). The summed E-state index contributed by atoms with van der Waals surface area (Å²) in [7, 11) is 0. The van der Waals surface area contributed by atoms with Gasteiger partial charge in [0.15, 0.2) is 5.78 Å². The van der Waals surface area contributed by atoms with Gasteiger partial charge < -0.3 is 10.1 Å². The summed E-state index contributed by atoms with van der Waals surface area (Å²) >= 11 is 7.83. The zero-order chi connectivity index (χ0) is 24.4. The van der Waals surface area contributed by atoms with Crippen molar-refractivity contribution in [3.8, 4) is 0 Å². The number of carbonyl (C=O) groups is 2. The van der Waals surface area contributed by atoms with E-state index in [0.717, 1.165) is 28.9 Å². The Morgan fingerprint density at radius 3 is 2.54 bits per heavy atom. The van der Waals surface area contributed by atoms with E-state index in [1.807, 2.05) is 60.8 Å². The summed E-state index contributed by atoms with van der Waals surface area (Å²) in [6.07, 6.45) is 1.80. The Labute approximate surface area is 214 Å². The number of benzene rings is 2. The number of ketones is 1. The molecule has 3 aromatic rings. The lowest BCUT2D eigenvalue weighted by Crippen LogP contribution is -2.36. The Kier molecular flexibility index (Phi) is 6.89. The van der Waals surface area contributed by atoms with Crippen molar-refractivity contribution < 1.29 is 14.3 Å². The molecule has 2 heterocycles. The van der Waals surface area contributed by atoms with Gasteiger partial charge in [0, 0.05) is 51.5 Å². The number of hydrogen-bond acceptors (Lipinski definition) is 5. The molecule has 2 aliphatic rings. The van der Waals surface area contributed by atoms with Gasteiger partial charge in [-0.15, -0.1) is 11.3 Å². The first kappa shape index (κ1) is 23.6. The highest BCUT2D eigenvalue weighted by Gasteiger charge is 2.41. The molecule has 0 amide bonds. The number of hydrogen-bond donors (Lipinski definition) is 1. The summed E-state index contributed by atoms with van der Waals surface area (Å²) < 4.78 is 5.73. The summed E-state index contributed by atoms with van der Waals surface area (Å²) in [6.45, 7) is 2.16. The predicted octanol–water partition coefficient (Wildman–Crippen LogP) is 6.55. The van der Waals surface area contributed by atoms with Crippen molar-refractivity contribution in [2.45, 2.75) is 38.0 Å². The Hall–Kier alpha value is -3.15. The van der Waals surface area contributed by atoms with E-state index < -0.39 is 11.9 Å². The van der Waals surface area contributed by atoms with Gasteiger partial charge in [-0.25, -0.2) is 4.79 Å². The van der Waals surface area contributed by atoms with E-state index in [9.17, 15) is 9.59 Å². The van der Waals surface area contributed by atoms with E-state index in [1.54, 1.807) is 23.5 Å². The summed E-state index contributed by atoms with van der Waals surface area (Å²) in [5, 5.41) is 6.06. The van der Waals surface area contributed by atoms with Crippen molar-refractivity contribution >= 4 is 34.7 Å². The Bertz CT molecular complexity index is 1290. The zero-order valence-corrected chi connectivity index (χ0v) is 21.0. The Morgan fingerprint density at radius 2 is 1.83 bits per heavy atom. The van der Waals surface area contributed by atoms with Gasteiger partial charge >= 0.3 is 5.97 Å². The molecule has 6 heteroatoms. The number of esters is 1. The van der Waals surface area contributed by atoms with Crippen LogP contribution in [0, 0.1) is 0 Å². The fourth-order valence-electron chi connectivity index (χ4n) is 5.01. The van der Waals surface area contributed by atoms with Crippen LogP contribution >= 0.6 is 22.9 Å². The van der Waals surface area contributed by atoms with Gasteiger partial charge in [-0.3, -0.25) is 4.79 Å². The molecule has 2 aromatic carbocycles. The number of nitrogens with one attached hydrogen (secondary N) is 1. The lowest BCUT2D eigenvalue weighted by Gasteiger charge is -2.36. The highest BCUT2D eigenvalue weighted by atomic mass is 35.5. The van der Waals surface area contributed by atoms with E-state index in [1.165, 1.54) is 4.88 Å². The van der Waals surface area contributed by atoms with Gasteiger partial charge in [0.1, 0.15) is 0 Å². The largest absolute Gasteiger partial charge is 0.462 e. The predicted molar refractivity (Wildman–Crippen MR) is 139 cm³/mol. The molecule has 0 radical (unpaired) electrons. The summed E-state index contributed by atoms with van der Waals surface area (Å²) in [4.78, 5) is 28.2. The molecular weight excluding hydrogens is 478 g/mol. The molecule has 178 valence electrons. The lowest BCUT2D eigenvalue weighted by molar-refractivity contribution is -0.139. The summed E-state index contributed by atoms with van der Waals surface area (Å²) in [6, 6.07) is 21.4. The smallest absolute Gasteiger partial charge is 0.336 e. The molecule has 0 fully saturated rings. The minimum Gasteiger partial charge on any atom is -0.462 e. The van der Waals surface area contributed by atoms with Crippen molar-refractivity contribution in [2.75, 3.05) is 6.61 Å². The molecule has 0 unspecified atom stereocenters. The molecule has 4 nitrogen and oxygen atoms in total. The first-order valence-electron chi connectivity index (χ1n) is 11.7. The van der Waals surface area contributed by atoms with Crippen LogP contribution < -0.4 is 5.32 Å². The van der Waals surface area contributed by atoms with Gasteiger partial charge in [0.25, 0.3) is 0 Å². The lowest BCUT2D eigenvalue weighted by atomic mass is 9.72. The standard InChI is InChI=1S/C29H26ClNO3S/c1-18-26(29(33)34-14-13-19-6-3-2-4-7-19)27(20-9-11-22(30)12-10-20)28-23(31-18)16-21(17-24(28)32)25-8-5-15-35-25/h2-12,15,21,27,31H,13-14,16-17H2,1H3/t21-,27+/m1/s1. The average Bonchev–Trinajstić information content (AvgIpc) is 3.39. The maximum atomic E-state index is 13.6. The van der Waals surface area contributed by atoms with Gasteiger partial charge in [-0.1, -0.05) is 60.1 Å². The first-order chi connectivity index (χ1) is 17.0. The number of rotatable bonds is 6. The number of Topliss-reactive ketones (excluding diaryl/α,β-unsaturated/α-hetero) is 1. The van der Waals surface area contributed by atoms with Crippen molar-refractivity contribution in [1.82, 2.24) is 5.32 Å². The third-order valence-electron chi connectivity index (χ3n) is 6.66. The van der Waals surface area contributed by atoms with Crippen LogP contribution in [0.2, 0.25) is 5.02 Å². The van der Waals surface area contributed by atoms with E-state index >= 15 is 0 Å². The fraction of sp³-hybridized carbons (Fsp3) is 0.241. The topological polar surface area (TPSA) is 55.4 Å². The third kappa shape index (κ3) is 4.97. The maximum absolute atomic E-state index is 13.6. The normalized spacial score (nSPS) is 19.9. The molecule has 1 aliphatic heterocycles. The van der Waals surface area contributed by atoms with Gasteiger partial charge in [0.2, 0.25) is 0 Å². The van der Waals surface area contributed by atoms with Gasteiger partial charge in [-0.05, 0) is 48.1 Å². The van der Waals surface area contributed by atoms with Crippen LogP contribution in [0.25, 0.3) is 0 Å². The highest BCUT2D eigenvalue weighted by molar-refractivity contribution is 7.10. The average molecular weight is 504 g/mol. The van der Waals surface area contributed by atoms with Crippen LogP contribution in [0.5, 0.6) is 0 Å². The first-order valence-corrected chi connectivity index (χ1v) is 13.0. The second-order valence-corrected chi connectivity index (χ2v) is 10.4. The van der Waals surface area contributed by atoms with Crippen molar-refractivity contribution in [1.29, 1.82) is 0 Å². The van der Waals surface area contributed by atoms with Crippen LogP contribution in [-0.4, -0.2) is 18.4 Å². The zero-order valence-electron chi connectivity index (χ0n) is 19.4. The summed E-state index contributed by atoms with van der Waals surface area (Å²) in [5.41, 5.74) is 4.75. The van der Waals surface area contributed by atoms with Crippen molar-refractivity contribution in [3.63, 3.8) is 0 Å². The minimum absolute atomic E-state index is 0.0687. The molecule has 1 aliphatic carbocycles. The third-order valence-corrected chi connectivity index (χ3v) is 7.95. The van der Waals surface area contributed by atoms with Crippen LogP contribution in [0.4, 0.5) is 0 Å². The van der Waals surface area contributed by atoms with Crippen molar-refractivity contribution in [3.05, 3.63) is 116 Å². The molecule has 1 N–H and O–H groups in total. The van der Waals surface area contributed by atoms with E-state index in [2.05, 4.69) is 11.4 Å². The number of carbonyl (C=O) groups excluding carboxylic acids is 2. The monoisotopic (exact) mass is 503 g/mol. The van der Waals surface area contributed by atoms with E-state index in [4.69, 9.17) is 16.3 Å². The number of thiophene rings is 1. The van der Waals surface area contributed by atoms with Gasteiger partial charge in [0.05, 0.1) is 12.2 Å². The minimum atomic E-state index is -0.482. The second kappa shape index (κ2) is 10.2. The van der Waals surface area contributed by atoms with Crippen molar-refractivity contribution in [2.24, 2.45) is 0 Å². The molecule has 0 bridgehead atoms. The Morgan fingerprint density at radius 1 is 1.06 bits per heavy atom. The number of halogens is 1. The summed E-state index contributed by atoms with van der Waals surface area (Å²) in [5.74, 6) is -0.666. The Balaban J connectivity index is 1.46. The molecule has 0 saturated carbocycles. The maximum Gasteiger partial charge on any atom is 0.336 e. The van der Waals surface area contributed by atoms with E-state index in [-0.39, 0.29) is 18.3 Å². The number of ether oxygens (including phenoxy) is 1. The number of dihydropyridines is 1. The van der Waals surface area contributed by atoms with Crippen LogP contribution in [0.3, 0.4) is 0 Å². The molecule has 0 spiro atoms.